The van der Waals surface area contributed by atoms with E-state index in [1.807, 2.05) is 17.9 Å². The van der Waals surface area contributed by atoms with Crippen molar-refractivity contribution in [3.05, 3.63) is 25.3 Å². The zero-order valence-corrected chi connectivity index (χ0v) is 24.1. The number of esters is 1. The summed E-state index contributed by atoms with van der Waals surface area (Å²) in [5.74, 6) is -1.97. The Balaban J connectivity index is 1.96. The van der Waals surface area contributed by atoms with Crippen LogP contribution in [0.5, 0.6) is 0 Å². The summed E-state index contributed by atoms with van der Waals surface area (Å²) in [5.41, 5.74) is 0. The molecule has 3 saturated heterocycles. The number of hydrogen-bond acceptors (Lipinski definition) is 6. The molecule has 0 aromatic carbocycles. The van der Waals surface area contributed by atoms with Crippen molar-refractivity contribution in [3.8, 4) is 0 Å². The largest absolute Gasteiger partial charge is 0.465 e. The number of halogens is 1. The highest BCUT2D eigenvalue weighted by atomic mass is 79.9. The van der Waals surface area contributed by atoms with Gasteiger partial charge in [0.2, 0.25) is 11.8 Å². The van der Waals surface area contributed by atoms with Crippen LogP contribution >= 0.6 is 27.7 Å². The molecule has 36 heavy (non-hydrogen) atoms. The van der Waals surface area contributed by atoms with Gasteiger partial charge in [0.05, 0.1) is 35.8 Å². The number of amides is 2. The van der Waals surface area contributed by atoms with Crippen molar-refractivity contribution in [3.63, 3.8) is 0 Å². The number of rotatable bonds is 14. The van der Waals surface area contributed by atoms with Gasteiger partial charge in [-0.25, -0.2) is 0 Å². The number of alkyl halides is 1. The molecular formula is C27H41BrN2O5S. The van der Waals surface area contributed by atoms with Crippen molar-refractivity contribution in [2.75, 3.05) is 19.8 Å². The minimum atomic E-state index is -0.753. The Morgan fingerprint density at radius 3 is 2.67 bits per heavy atom. The second kappa shape index (κ2) is 12.5. The zero-order valence-electron chi connectivity index (χ0n) is 21.7. The number of ether oxygens (including phenoxy) is 1. The standard InChI is InChI=1S/C27H41BrN2O5S/c1-6-9-10-11-14-35-26(34)20-21-24(32)30(18(5)16-31)23(27(21)15-19(28)22(20)36-27)25(33)29(13-8-3)17(4)12-7-2/h6,8,17-23,31H,1,3,7,9-16H2,2,4-5H3/t17?,18-,19?,20+,21+,22+,23?,27?/m1/s1. The van der Waals surface area contributed by atoms with Gasteiger partial charge in [0.25, 0.3) is 0 Å². The average Bonchev–Trinajstić information content (AvgIpc) is 3.44. The van der Waals surface area contributed by atoms with Crippen LogP contribution in [-0.2, 0) is 19.1 Å². The van der Waals surface area contributed by atoms with Crippen LogP contribution in [0.4, 0.5) is 0 Å². The lowest BCUT2D eigenvalue weighted by molar-refractivity contribution is -0.154. The molecule has 1 spiro atoms. The Kier molecular flexibility index (Phi) is 10.1. The third kappa shape index (κ3) is 5.17. The SMILES string of the molecule is C=CCCCCOC(=O)[C@H]1[C@H]2C(=O)N([C@H](C)CO)C(C(=O)N(CC=C)C(C)CCC)C23CC(Br)[C@@H]1S3. The molecular weight excluding hydrogens is 544 g/mol. The van der Waals surface area contributed by atoms with E-state index >= 15 is 0 Å². The monoisotopic (exact) mass is 584 g/mol. The van der Waals surface area contributed by atoms with Crippen molar-refractivity contribution in [1.29, 1.82) is 0 Å². The van der Waals surface area contributed by atoms with Gasteiger partial charge >= 0.3 is 5.97 Å². The van der Waals surface area contributed by atoms with Crippen molar-refractivity contribution in [2.24, 2.45) is 11.8 Å². The van der Waals surface area contributed by atoms with Gasteiger partial charge < -0.3 is 19.6 Å². The molecule has 0 aromatic heterocycles. The maximum Gasteiger partial charge on any atom is 0.310 e. The molecule has 1 N–H and O–H groups in total. The van der Waals surface area contributed by atoms with Gasteiger partial charge in [-0.2, -0.15) is 0 Å². The topological polar surface area (TPSA) is 87.1 Å². The first-order valence-electron chi connectivity index (χ1n) is 13.1. The Bertz CT molecular complexity index is 856. The van der Waals surface area contributed by atoms with E-state index < -0.39 is 28.7 Å². The molecule has 0 aliphatic carbocycles. The number of fused-ring (bicyclic) bond motifs is 1. The van der Waals surface area contributed by atoms with Crippen molar-refractivity contribution in [2.45, 2.75) is 92.2 Å². The molecule has 4 unspecified atom stereocenters. The molecule has 2 amide bonds. The van der Waals surface area contributed by atoms with Crippen molar-refractivity contribution in [1.82, 2.24) is 9.80 Å². The van der Waals surface area contributed by atoms with Gasteiger partial charge in [-0.3, -0.25) is 14.4 Å². The fraction of sp³-hybridized carbons (Fsp3) is 0.741. The molecule has 0 aromatic rings. The molecule has 3 aliphatic heterocycles. The fourth-order valence-electron chi connectivity index (χ4n) is 6.19. The maximum atomic E-state index is 14.3. The normalized spacial score (nSPS) is 32.2. The maximum absolute atomic E-state index is 14.3. The second-order valence-electron chi connectivity index (χ2n) is 10.3. The highest BCUT2D eigenvalue weighted by Crippen LogP contribution is 2.68. The van der Waals surface area contributed by atoms with Crippen LogP contribution in [0.15, 0.2) is 25.3 Å². The molecule has 0 saturated carbocycles. The summed E-state index contributed by atoms with van der Waals surface area (Å²) in [6.45, 7) is 13.9. The van der Waals surface area contributed by atoms with Crippen LogP contribution < -0.4 is 0 Å². The first-order chi connectivity index (χ1) is 17.2. The highest BCUT2D eigenvalue weighted by Gasteiger charge is 2.76. The van der Waals surface area contributed by atoms with Gasteiger partial charge in [-0.15, -0.1) is 24.9 Å². The number of thioether (sulfide) groups is 1. The highest BCUT2D eigenvalue weighted by molar-refractivity contribution is 9.09. The zero-order chi connectivity index (χ0) is 26.6. The van der Waals surface area contributed by atoms with Gasteiger partial charge in [0.15, 0.2) is 0 Å². The van der Waals surface area contributed by atoms with E-state index in [0.717, 1.165) is 32.1 Å². The number of hydrogen-bond donors (Lipinski definition) is 1. The lowest BCUT2D eigenvalue weighted by Crippen LogP contribution is -2.58. The number of aliphatic hydroxyl groups is 1. The predicted molar refractivity (Wildman–Crippen MR) is 147 cm³/mol. The van der Waals surface area contributed by atoms with Gasteiger partial charge in [-0.1, -0.05) is 41.4 Å². The lowest BCUT2D eigenvalue weighted by atomic mass is 9.71. The third-order valence-electron chi connectivity index (χ3n) is 7.87. The van der Waals surface area contributed by atoms with E-state index in [1.54, 1.807) is 29.7 Å². The number of allylic oxidation sites excluding steroid dienone is 1. The Hall–Kier alpha value is -1.32. The van der Waals surface area contributed by atoms with Gasteiger partial charge in [-0.05, 0) is 46.0 Å². The predicted octanol–water partition coefficient (Wildman–Crippen LogP) is 3.93. The molecule has 9 heteroatoms. The number of aliphatic hydroxyl groups excluding tert-OH is 1. The molecule has 3 heterocycles. The summed E-state index contributed by atoms with van der Waals surface area (Å²) in [5, 5.41) is 9.91. The van der Waals surface area contributed by atoms with E-state index in [4.69, 9.17) is 4.74 Å². The van der Waals surface area contributed by atoms with Gasteiger partial charge in [0.1, 0.15) is 6.04 Å². The summed E-state index contributed by atoms with van der Waals surface area (Å²) in [4.78, 5) is 45.0. The van der Waals surface area contributed by atoms with Crippen LogP contribution in [0.3, 0.4) is 0 Å². The van der Waals surface area contributed by atoms with E-state index in [9.17, 15) is 19.5 Å². The number of carbonyl (C=O) groups is 3. The first kappa shape index (κ1) is 29.2. The Morgan fingerprint density at radius 1 is 1.33 bits per heavy atom. The van der Waals surface area contributed by atoms with E-state index in [2.05, 4.69) is 36.0 Å². The molecule has 3 aliphatic rings. The van der Waals surface area contributed by atoms with Crippen molar-refractivity contribution >= 4 is 45.5 Å². The Morgan fingerprint density at radius 2 is 2.06 bits per heavy atom. The van der Waals surface area contributed by atoms with E-state index in [-0.39, 0.29) is 40.5 Å². The summed E-state index contributed by atoms with van der Waals surface area (Å²) < 4.78 is 4.92. The summed E-state index contributed by atoms with van der Waals surface area (Å²) in [6, 6.07) is -1.31. The summed E-state index contributed by atoms with van der Waals surface area (Å²) in [7, 11) is 0. The molecule has 2 bridgehead atoms. The quantitative estimate of drug-likeness (QED) is 0.144. The van der Waals surface area contributed by atoms with E-state index in [0.29, 0.717) is 19.6 Å². The summed E-state index contributed by atoms with van der Waals surface area (Å²) >= 11 is 5.37. The molecule has 3 fully saturated rings. The third-order valence-corrected chi connectivity index (χ3v) is 11.1. The average molecular weight is 586 g/mol. The van der Waals surface area contributed by atoms with Gasteiger partial charge in [0, 0.05) is 22.7 Å². The van der Waals surface area contributed by atoms with Crippen molar-refractivity contribution < 1.29 is 24.2 Å². The first-order valence-corrected chi connectivity index (χ1v) is 14.9. The number of nitrogens with zero attached hydrogens (tertiary/aromatic N) is 2. The van der Waals surface area contributed by atoms with Crippen LogP contribution in [-0.4, -0.2) is 85.4 Å². The minimum Gasteiger partial charge on any atom is -0.465 e. The molecule has 7 nitrogen and oxygen atoms in total. The molecule has 202 valence electrons. The molecule has 8 atom stereocenters. The van der Waals surface area contributed by atoms with Crippen LogP contribution in [0.2, 0.25) is 0 Å². The second-order valence-corrected chi connectivity index (χ2v) is 13.0. The number of unbranched alkanes of at least 4 members (excludes halogenated alkanes) is 2. The van der Waals surface area contributed by atoms with Crippen LogP contribution in [0.25, 0.3) is 0 Å². The summed E-state index contributed by atoms with van der Waals surface area (Å²) in [6.07, 6.45) is 8.43. The molecule has 3 rings (SSSR count). The van der Waals surface area contributed by atoms with E-state index in [1.165, 1.54) is 0 Å². The number of likely N-dealkylation sites (tertiary alicyclic amines) is 1. The minimum absolute atomic E-state index is 0.00883. The Labute approximate surface area is 228 Å². The smallest absolute Gasteiger partial charge is 0.310 e. The number of carbonyl (C=O) groups excluding carboxylic acids is 3. The molecule has 0 radical (unpaired) electrons. The fourth-order valence-corrected chi connectivity index (χ4v) is 9.78. The lowest BCUT2D eigenvalue weighted by Gasteiger charge is -2.40. The van der Waals surface area contributed by atoms with Crippen LogP contribution in [0, 0.1) is 11.8 Å². The van der Waals surface area contributed by atoms with Crippen LogP contribution in [0.1, 0.15) is 59.3 Å².